The monoisotopic (exact) mass is 364 g/mol. The summed E-state index contributed by atoms with van der Waals surface area (Å²) in [5.74, 6) is -1.57. The third-order valence-electron chi connectivity index (χ3n) is 4.75. The molecule has 0 aliphatic carbocycles. The smallest absolute Gasteiger partial charge is 0.337 e. The number of aromatic amines is 1. The molecule has 1 aromatic heterocycles. The van der Waals surface area contributed by atoms with E-state index in [9.17, 15) is 14.4 Å². The quantitative estimate of drug-likeness (QED) is 0.697. The van der Waals surface area contributed by atoms with Crippen molar-refractivity contribution >= 4 is 34.4 Å². The first kappa shape index (κ1) is 16.8. The summed E-state index contributed by atoms with van der Waals surface area (Å²) in [4.78, 5) is 39.2. The normalized spacial score (nSPS) is 15.3. The Morgan fingerprint density at radius 2 is 1.59 bits per heavy atom. The number of aromatic nitrogens is 1. The first-order valence-corrected chi connectivity index (χ1v) is 8.26. The molecule has 0 bridgehead atoms. The lowest BCUT2D eigenvalue weighted by Gasteiger charge is -2.09. The van der Waals surface area contributed by atoms with Gasteiger partial charge in [0.2, 0.25) is 5.91 Å². The minimum absolute atomic E-state index is 0.176. The van der Waals surface area contributed by atoms with Crippen molar-refractivity contribution in [2.24, 2.45) is 0 Å². The Morgan fingerprint density at radius 1 is 0.926 bits per heavy atom. The fraction of sp³-hybridized carbons (Fsp3) is 0.150. The van der Waals surface area contributed by atoms with Crippen LogP contribution >= 0.6 is 0 Å². The van der Waals surface area contributed by atoms with Gasteiger partial charge in [-0.15, -0.1) is 0 Å². The number of esters is 2. The number of fused-ring (bicyclic) bond motifs is 2. The standard InChI is InChI=1S/C20H16N2O5/c1-26-19(24)10-3-5-12-14(9-21-15(12)7-10)17-13-6-4-11(20(25)27-2)8-16(13)22-18(17)23/h3-9,17,21H,1-2H3,(H,22,23). The maximum absolute atomic E-state index is 12.6. The molecule has 1 aliphatic rings. The minimum Gasteiger partial charge on any atom is -0.465 e. The van der Waals surface area contributed by atoms with E-state index in [1.54, 1.807) is 42.6 Å². The van der Waals surface area contributed by atoms with Crippen LogP contribution in [0.5, 0.6) is 0 Å². The largest absolute Gasteiger partial charge is 0.465 e. The van der Waals surface area contributed by atoms with Gasteiger partial charge in [0.25, 0.3) is 0 Å². The molecule has 1 unspecified atom stereocenters. The number of hydrogen-bond acceptors (Lipinski definition) is 5. The van der Waals surface area contributed by atoms with Gasteiger partial charge in [-0.1, -0.05) is 12.1 Å². The number of hydrogen-bond donors (Lipinski definition) is 2. The predicted octanol–water partition coefficient (Wildman–Crippen LogP) is 2.83. The molecule has 2 N–H and O–H groups in total. The van der Waals surface area contributed by atoms with Gasteiger partial charge in [0.1, 0.15) is 0 Å². The van der Waals surface area contributed by atoms with Crippen LogP contribution in [0.2, 0.25) is 0 Å². The fourth-order valence-electron chi connectivity index (χ4n) is 3.45. The predicted molar refractivity (Wildman–Crippen MR) is 97.9 cm³/mol. The van der Waals surface area contributed by atoms with Crippen molar-refractivity contribution in [2.75, 3.05) is 19.5 Å². The average molecular weight is 364 g/mol. The number of methoxy groups -OCH3 is 2. The second-order valence-electron chi connectivity index (χ2n) is 6.21. The second-order valence-corrected chi connectivity index (χ2v) is 6.21. The Balaban J connectivity index is 1.78. The Hall–Kier alpha value is -3.61. The number of carbonyl (C=O) groups is 3. The lowest BCUT2D eigenvalue weighted by Crippen LogP contribution is -2.12. The first-order valence-electron chi connectivity index (χ1n) is 8.26. The number of benzene rings is 2. The molecule has 7 nitrogen and oxygen atoms in total. The van der Waals surface area contributed by atoms with E-state index in [4.69, 9.17) is 9.47 Å². The van der Waals surface area contributed by atoms with Crippen molar-refractivity contribution in [3.63, 3.8) is 0 Å². The molecule has 0 radical (unpaired) electrons. The summed E-state index contributed by atoms with van der Waals surface area (Å²) in [6.07, 6.45) is 1.76. The number of amides is 1. The summed E-state index contributed by atoms with van der Waals surface area (Å²) in [7, 11) is 2.64. The van der Waals surface area contributed by atoms with Crippen LogP contribution in [-0.4, -0.2) is 37.0 Å². The van der Waals surface area contributed by atoms with Gasteiger partial charge in [0.15, 0.2) is 0 Å². The topological polar surface area (TPSA) is 97.5 Å². The summed E-state index contributed by atoms with van der Waals surface area (Å²) in [6, 6.07) is 10.2. The number of rotatable bonds is 3. The van der Waals surface area contributed by atoms with Crippen molar-refractivity contribution in [2.45, 2.75) is 5.92 Å². The van der Waals surface area contributed by atoms with E-state index in [1.165, 1.54) is 14.2 Å². The fourth-order valence-corrected chi connectivity index (χ4v) is 3.45. The molecule has 136 valence electrons. The number of nitrogens with one attached hydrogen (secondary N) is 2. The summed E-state index contributed by atoms with van der Waals surface area (Å²) < 4.78 is 9.47. The van der Waals surface area contributed by atoms with E-state index >= 15 is 0 Å². The maximum Gasteiger partial charge on any atom is 0.337 e. The van der Waals surface area contributed by atoms with Gasteiger partial charge in [-0.05, 0) is 35.4 Å². The van der Waals surface area contributed by atoms with Gasteiger partial charge < -0.3 is 19.8 Å². The van der Waals surface area contributed by atoms with Crippen molar-refractivity contribution < 1.29 is 23.9 Å². The van der Waals surface area contributed by atoms with E-state index in [2.05, 4.69) is 10.3 Å². The molecule has 0 fully saturated rings. The maximum atomic E-state index is 12.6. The lowest BCUT2D eigenvalue weighted by atomic mass is 9.91. The molecular formula is C20H16N2O5. The summed E-state index contributed by atoms with van der Waals surface area (Å²) >= 11 is 0. The minimum atomic E-state index is -0.510. The van der Waals surface area contributed by atoms with E-state index in [0.29, 0.717) is 16.8 Å². The summed E-state index contributed by atoms with van der Waals surface area (Å²) in [5.41, 5.74) is 3.71. The highest BCUT2D eigenvalue weighted by Crippen LogP contribution is 2.40. The number of anilines is 1. The third-order valence-corrected chi connectivity index (χ3v) is 4.75. The van der Waals surface area contributed by atoms with Crippen LogP contribution in [0, 0.1) is 0 Å². The zero-order valence-corrected chi connectivity index (χ0v) is 14.7. The first-order chi connectivity index (χ1) is 13.0. The number of H-pyrrole nitrogens is 1. The molecule has 4 rings (SSSR count). The molecule has 7 heteroatoms. The highest BCUT2D eigenvalue weighted by Gasteiger charge is 2.34. The second kappa shape index (κ2) is 6.28. The zero-order valence-electron chi connectivity index (χ0n) is 14.7. The van der Waals surface area contributed by atoms with Gasteiger partial charge in [-0.2, -0.15) is 0 Å². The summed E-state index contributed by atoms with van der Waals surface area (Å²) in [5, 5.41) is 3.66. The molecule has 1 atom stereocenters. The lowest BCUT2D eigenvalue weighted by molar-refractivity contribution is -0.116. The van der Waals surface area contributed by atoms with Crippen LogP contribution in [0.1, 0.15) is 37.8 Å². The van der Waals surface area contributed by atoms with E-state index in [0.717, 1.165) is 22.0 Å². The van der Waals surface area contributed by atoms with Crippen LogP contribution in [0.4, 0.5) is 5.69 Å². The Labute approximate surface area is 154 Å². The highest BCUT2D eigenvalue weighted by atomic mass is 16.5. The summed E-state index contributed by atoms with van der Waals surface area (Å²) in [6.45, 7) is 0. The molecular weight excluding hydrogens is 348 g/mol. The van der Waals surface area contributed by atoms with E-state index < -0.39 is 17.9 Å². The van der Waals surface area contributed by atoms with Crippen molar-refractivity contribution in [1.82, 2.24) is 4.98 Å². The third kappa shape index (κ3) is 2.64. The molecule has 0 saturated carbocycles. The van der Waals surface area contributed by atoms with Gasteiger partial charge in [0.05, 0.1) is 31.3 Å². The number of ether oxygens (including phenoxy) is 2. The van der Waals surface area contributed by atoms with Crippen LogP contribution in [-0.2, 0) is 14.3 Å². The Morgan fingerprint density at radius 3 is 2.30 bits per heavy atom. The van der Waals surface area contributed by atoms with Gasteiger partial charge in [0, 0.05) is 22.8 Å². The highest BCUT2D eigenvalue weighted by molar-refractivity contribution is 6.08. The average Bonchev–Trinajstić information content (AvgIpc) is 3.24. The molecule has 0 spiro atoms. The molecule has 1 amide bonds. The van der Waals surface area contributed by atoms with Crippen LogP contribution in [0.15, 0.2) is 42.6 Å². The molecule has 27 heavy (non-hydrogen) atoms. The molecule has 0 saturated heterocycles. The molecule has 2 aromatic carbocycles. The van der Waals surface area contributed by atoms with Gasteiger partial charge in [-0.25, -0.2) is 9.59 Å². The SMILES string of the molecule is COC(=O)c1ccc2c(c1)NC(=O)C2c1c[nH]c2cc(C(=O)OC)ccc12. The van der Waals surface area contributed by atoms with Gasteiger partial charge in [-0.3, -0.25) is 4.79 Å². The van der Waals surface area contributed by atoms with Crippen LogP contribution in [0.25, 0.3) is 10.9 Å². The molecule has 1 aliphatic heterocycles. The molecule has 3 aromatic rings. The zero-order chi connectivity index (χ0) is 19.1. The van der Waals surface area contributed by atoms with Crippen molar-refractivity contribution in [1.29, 1.82) is 0 Å². The Bertz CT molecular complexity index is 1100. The van der Waals surface area contributed by atoms with Crippen molar-refractivity contribution in [3.05, 3.63) is 64.8 Å². The molecule has 2 heterocycles. The van der Waals surface area contributed by atoms with E-state index in [-0.39, 0.29) is 5.91 Å². The van der Waals surface area contributed by atoms with Crippen LogP contribution in [0.3, 0.4) is 0 Å². The van der Waals surface area contributed by atoms with Crippen molar-refractivity contribution in [3.8, 4) is 0 Å². The van der Waals surface area contributed by atoms with Gasteiger partial charge >= 0.3 is 11.9 Å². The Kier molecular flexibility index (Phi) is 3.92. The van der Waals surface area contributed by atoms with E-state index in [1.807, 2.05) is 0 Å². The van der Waals surface area contributed by atoms with Crippen LogP contribution < -0.4 is 5.32 Å². The number of carbonyl (C=O) groups excluding carboxylic acids is 3.